The molecule has 30 heavy (non-hydrogen) atoms. The fraction of sp³-hybridized carbons (Fsp3) is 0.538. The second-order valence-corrected chi connectivity index (χ2v) is 10.2. The SMILES string of the molecule is OC[C@@H]1C[C@H](O)CC(c2ccc(Cl)c(Cc3ccc(C4CC5(CCC5)C4)cc3)c2)O1. The van der Waals surface area contributed by atoms with Crippen LogP contribution in [0.4, 0.5) is 0 Å². The number of hydrogen-bond donors (Lipinski definition) is 2. The molecular weight excluding hydrogens is 396 g/mol. The summed E-state index contributed by atoms with van der Waals surface area (Å²) in [6.07, 6.45) is 7.92. The quantitative estimate of drug-likeness (QED) is 0.658. The first-order valence-electron chi connectivity index (χ1n) is 11.4. The Balaban J connectivity index is 1.27. The van der Waals surface area contributed by atoms with Crippen LogP contribution in [0.5, 0.6) is 0 Å². The van der Waals surface area contributed by atoms with E-state index in [0.29, 0.717) is 18.3 Å². The zero-order valence-corrected chi connectivity index (χ0v) is 18.2. The van der Waals surface area contributed by atoms with Crippen LogP contribution >= 0.6 is 11.6 Å². The Bertz CT molecular complexity index is 882. The maximum Gasteiger partial charge on any atom is 0.0854 e. The Hall–Kier alpha value is -1.39. The second-order valence-electron chi connectivity index (χ2n) is 9.78. The van der Waals surface area contributed by atoms with E-state index in [-0.39, 0.29) is 18.8 Å². The lowest BCUT2D eigenvalue weighted by Gasteiger charge is -2.54. The van der Waals surface area contributed by atoms with Crippen molar-refractivity contribution in [1.82, 2.24) is 0 Å². The average Bonchev–Trinajstić information content (AvgIpc) is 2.68. The molecule has 2 aliphatic carbocycles. The van der Waals surface area contributed by atoms with Gasteiger partial charge in [-0.25, -0.2) is 0 Å². The second kappa shape index (κ2) is 8.27. The first-order valence-corrected chi connectivity index (χ1v) is 11.7. The number of hydrogen-bond acceptors (Lipinski definition) is 3. The highest BCUT2D eigenvalue weighted by molar-refractivity contribution is 6.31. The zero-order valence-electron chi connectivity index (χ0n) is 17.4. The molecule has 1 heterocycles. The molecule has 0 amide bonds. The molecule has 2 aromatic rings. The summed E-state index contributed by atoms with van der Waals surface area (Å²) in [5.74, 6) is 0.751. The largest absolute Gasteiger partial charge is 0.394 e. The summed E-state index contributed by atoms with van der Waals surface area (Å²) < 4.78 is 5.98. The van der Waals surface area contributed by atoms with Gasteiger partial charge < -0.3 is 14.9 Å². The lowest BCUT2D eigenvalue weighted by atomic mass is 9.51. The van der Waals surface area contributed by atoms with Crippen LogP contribution in [0.2, 0.25) is 5.02 Å². The predicted molar refractivity (Wildman–Crippen MR) is 119 cm³/mol. The molecule has 3 atom stereocenters. The fourth-order valence-electron chi connectivity index (χ4n) is 5.69. The Morgan fingerprint density at radius 3 is 2.40 bits per heavy atom. The fourth-order valence-corrected chi connectivity index (χ4v) is 5.87. The van der Waals surface area contributed by atoms with Crippen LogP contribution < -0.4 is 0 Å². The minimum Gasteiger partial charge on any atom is -0.394 e. The van der Waals surface area contributed by atoms with Gasteiger partial charge >= 0.3 is 0 Å². The molecule has 1 unspecified atom stereocenters. The summed E-state index contributed by atoms with van der Waals surface area (Å²) in [5, 5.41) is 20.3. The summed E-state index contributed by atoms with van der Waals surface area (Å²) in [7, 11) is 0. The van der Waals surface area contributed by atoms with E-state index in [1.165, 1.54) is 43.2 Å². The maximum absolute atomic E-state index is 10.1. The monoisotopic (exact) mass is 426 g/mol. The molecule has 3 aliphatic rings. The van der Waals surface area contributed by atoms with Gasteiger partial charge in [-0.1, -0.05) is 54.4 Å². The van der Waals surface area contributed by atoms with Gasteiger partial charge in [0.25, 0.3) is 0 Å². The molecule has 5 rings (SSSR count). The molecule has 4 heteroatoms. The number of ether oxygens (including phenoxy) is 1. The lowest BCUT2D eigenvalue weighted by Crippen LogP contribution is -2.41. The first kappa shape index (κ1) is 20.5. The number of aliphatic hydroxyl groups is 2. The van der Waals surface area contributed by atoms with Crippen LogP contribution in [0.1, 0.15) is 79.2 Å². The summed E-state index contributed by atoms with van der Waals surface area (Å²) in [6.45, 7) is -0.0670. The highest BCUT2D eigenvalue weighted by Gasteiger charge is 2.48. The molecule has 0 aromatic heterocycles. The van der Waals surface area contributed by atoms with Gasteiger partial charge in [-0.15, -0.1) is 0 Å². The Kier molecular flexibility index (Phi) is 5.66. The van der Waals surface area contributed by atoms with Crippen LogP contribution in [0.15, 0.2) is 42.5 Å². The normalized spacial score (nSPS) is 28.2. The van der Waals surface area contributed by atoms with Crippen molar-refractivity contribution < 1.29 is 14.9 Å². The van der Waals surface area contributed by atoms with Crippen LogP contribution in [-0.4, -0.2) is 29.0 Å². The van der Waals surface area contributed by atoms with Crippen LogP contribution in [0.3, 0.4) is 0 Å². The van der Waals surface area contributed by atoms with Crippen molar-refractivity contribution in [3.63, 3.8) is 0 Å². The van der Waals surface area contributed by atoms with Crippen molar-refractivity contribution in [1.29, 1.82) is 0 Å². The molecule has 2 aromatic carbocycles. The number of aliphatic hydroxyl groups excluding tert-OH is 2. The van der Waals surface area contributed by atoms with E-state index in [1.54, 1.807) is 0 Å². The average molecular weight is 427 g/mol. The van der Waals surface area contributed by atoms with Gasteiger partial charge in [0.15, 0.2) is 0 Å². The molecule has 1 saturated heterocycles. The lowest BCUT2D eigenvalue weighted by molar-refractivity contribution is -0.113. The van der Waals surface area contributed by atoms with E-state index in [4.69, 9.17) is 16.3 Å². The molecule has 3 fully saturated rings. The summed E-state index contributed by atoms with van der Waals surface area (Å²) in [5.41, 5.74) is 5.54. The smallest absolute Gasteiger partial charge is 0.0854 e. The summed E-state index contributed by atoms with van der Waals surface area (Å²) in [6, 6.07) is 15.1. The van der Waals surface area contributed by atoms with E-state index in [9.17, 15) is 10.2 Å². The summed E-state index contributed by atoms with van der Waals surface area (Å²) in [4.78, 5) is 0. The number of halogens is 1. The molecule has 3 nitrogen and oxygen atoms in total. The molecule has 0 radical (unpaired) electrons. The highest BCUT2D eigenvalue weighted by atomic mass is 35.5. The van der Waals surface area contributed by atoms with Crippen LogP contribution in [-0.2, 0) is 11.2 Å². The van der Waals surface area contributed by atoms with E-state index < -0.39 is 6.10 Å². The van der Waals surface area contributed by atoms with Crippen molar-refractivity contribution in [3.05, 3.63) is 69.7 Å². The van der Waals surface area contributed by atoms with Crippen LogP contribution in [0.25, 0.3) is 0 Å². The molecule has 2 saturated carbocycles. The third-order valence-electron chi connectivity index (χ3n) is 7.64. The van der Waals surface area contributed by atoms with Gasteiger partial charge in [0, 0.05) is 17.9 Å². The van der Waals surface area contributed by atoms with E-state index in [0.717, 1.165) is 28.5 Å². The van der Waals surface area contributed by atoms with Gasteiger partial charge in [0.1, 0.15) is 0 Å². The van der Waals surface area contributed by atoms with Crippen molar-refractivity contribution in [2.75, 3.05) is 6.61 Å². The summed E-state index contributed by atoms with van der Waals surface area (Å²) >= 11 is 6.51. The van der Waals surface area contributed by atoms with Crippen LogP contribution in [0, 0.1) is 5.41 Å². The maximum atomic E-state index is 10.1. The van der Waals surface area contributed by atoms with Gasteiger partial charge in [0.05, 0.1) is 24.9 Å². The first-order chi connectivity index (χ1) is 14.5. The minimum absolute atomic E-state index is 0.0670. The molecule has 0 bridgehead atoms. The third kappa shape index (κ3) is 4.05. The third-order valence-corrected chi connectivity index (χ3v) is 8.01. The van der Waals surface area contributed by atoms with E-state index in [2.05, 4.69) is 30.3 Å². The zero-order chi connectivity index (χ0) is 20.7. The van der Waals surface area contributed by atoms with Gasteiger partial charge in [0.2, 0.25) is 0 Å². The molecule has 2 N–H and O–H groups in total. The standard InChI is InChI=1S/C26H31ClO3/c27-24-7-6-19(25-13-22(29)12-23(16-28)30-25)11-20(24)10-17-2-4-18(5-3-17)21-14-26(15-21)8-1-9-26/h2-7,11,21-23,25,28-29H,1,8-10,12-16H2/t22-,23-,25?/m0/s1. The van der Waals surface area contributed by atoms with Crippen molar-refractivity contribution in [3.8, 4) is 0 Å². The molecule has 1 aliphatic heterocycles. The van der Waals surface area contributed by atoms with Gasteiger partial charge in [-0.05, 0) is 71.8 Å². The topological polar surface area (TPSA) is 49.7 Å². The van der Waals surface area contributed by atoms with Gasteiger partial charge in [-0.2, -0.15) is 0 Å². The van der Waals surface area contributed by atoms with Gasteiger partial charge in [-0.3, -0.25) is 0 Å². The van der Waals surface area contributed by atoms with Crippen molar-refractivity contribution >= 4 is 11.6 Å². The highest BCUT2D eigenvalue weighted by Crippen LogP contribution is 2.61. The Morgan fingerprint density at radius 2 is 1.73 bits per heavy atom. The predicted octanol–water partition coefficient (Wildman–Crippen LogP) is 5.55. The number of rotatable bonds is 5. The molecule has 160 valence electrons. The minimum atomic E-state index is -0.446. The Morgan fingerprint density at radius 1 is 1.00 bits per heavy atom. The van der Waals surface area contributed by atoms with E-state index >= 15 is 0 Å². The molecular formula is C26H31ClO3. The number of benzene rings is 2. The Labute approximate surface area is 184 Å². The van der Waals surface area contributed by atoms with E-state index in [1.807, 2.05) is 12.1 Å². The van der Waals surface area contributed by atoms with Crippen molar-refractivity contribution in [2.24, 2.45) is 5.41 Å². The molecule has 1 spiro atoms. The van der Waals surface area contributed by atoms with Crippen molar-refractivity contribution in [2.45, 2.75) is 75.6 Å².